The van der Waals surface area contributed by atoms with E-state index in [0.29, 0.717) is 0 Å². The lowest BCUT2D eigenvalue weighted by Crippen LogP contribution is -2.68. The molecule has 2 rings (SSSR count). The molecule has 0 aromatic rings. The Morgan fingerprint density at radius 3 is 2.79 bits per heavy atom. The first-order valence-corrected chi connectivity index (χ1v) is 8.39. The van der Waals surface area contributed by atoms with Gasteiger partial charge in [0.25, 0.3) is 0 Å². The van der Waals surface area contributed by atoms with E-state index < -0.39 is 35.0 Å². The third kappa shape index (κ3) is 3.20. The molecule has 1 aliphatic carbocycles. The van der Waals surface area contributed by atoms with Gasteiger partial charge in [0, 0.05) is 19.4 Å². The third-order valence-corrected chi connectivity index (χ3v) is 5.37. The van der Waals surface area contributed by atoms with Crippen LogP contribution in [0, 0.1) is 11.8 Å². The van der Waals surface area contributed by atoms with E-state index in [2.05, 4.69) is 5.32 Å². The highest BCUT2D eigenvalue weighted by Crippen LogP contribution is 2.43. The van der Waals surface area contributed by atoms with Gasteiger partial charge in [0.15, 0.2) is 0 Å². The molecule has 0 spiro atoms. The lowest BCUT2D eigenvalue weighted by Gasteiger charge is -2.46. The molecular weight excluding hydrogens is 314 g/mol. The second-order valence-electron chi connectivity index (χ2n) is 6.92. The van der Waals surface area contributed by atoms with Crippen molar-refractivity contribution in [2.45, 2.75) is 56.8 Å². The van der Waals surface area contributed by atoms with Gasteiger partial charge < -0.3 is 25.4 Å². The lowest BCUT2D eigenvalue weighted by molar-refractivity contribution is -0.158. The summed E-state index contributed by atoms with van der Waals surface area (Å²) in [6.07, 6.45) is 5.34. The first-order valence-electron chi connectivity index (χ1n) is 8.39. The number of esters is 1. The molecule has 1 fully saturated rings. The summed E-state index contributed by atoms with van der Waals surface area (Å²) in [5, 5.41) is 34.0. The lowest BCUT2D eigenvalue weighted by atomic mass is 9.68. The number of aliphatic hydroxyl groups excluding tert-OH is 2. The first kappa shape index (κ1) is 18.9. The summed E-state index contributed by atoms with van der Waals surface area (Å²) in [5.74, 6) is -2.16. The van der Waals surface area contributed by atoms with Crippen molar-refractivity contribution >= 4 is 11.9 Å². The molecule has 0 aromatic heterocycles. The maximum atomic E-state index is 12.4. The number of carbonyl (C=O) groups is 2. The van der Waals surface area contributed by atoms with Crippen LogP contribution in [0.2, 0.25) is 0 Å². The van der Waals surface area contributed by atoms with E-state index in [1.54, 1.807) is 0 Å². The van der Waals surface area contributed by atoms with Crippen molar-refractivity contribution in [2.75, 3.05) is 13.2 Å². The van der Waals surface area contributed by atoms with Gasteiger partial charge in [0.1, 0.15) is 17.7 Å². The van der Waals surface area contributed by atoms with Crippen LogP contribution < -0.4 is 5.32 Å². The van der Waals surface area contributed by atoms with E-state index in [1.807, 2.05) is 12.2 Å². The van der Waals surface area contributed by atoms with Crippen LogP contribution in [0.5, 0.6) is 0 Å². The summed E-state index contributed by atoms with van der Waals surface area (Å²) in [7, 11) is 0. The smallest absolute Gasteiger partial charge is 0.302 e. The van der Waals surface area contributed by atoms with Crippen LogP contribution in [0.25, 0.3) is 0 Å². The van der Waals surface area contributed by atoms with Crippen LogP contribution in [0.15, 0.2) is 12.2 Å². The Balaban J connectivity index is 2.39. The Labute approximate surface area is 141 Å². The molecule has 1 heterocycles. The minimum atomic E-state index is -1.67. The van der Waals surface area contributed by atoms with Gasteiger partial charge in [-0.05, 0) is 32.6 Å². The van der Waals surface area contributed by atoms with Crippen LogP contribution in [0.1, 0.15) is 39.5 Å². The van der Waals surface area contributed by atoms with E-state index in [0.717, 1.165) is 19.3 Å². The standard InChI is InChI=1S/C17H27NO6/c1-11(20)24-10-17(14(21)12-6-4-3-5-7-12)16(2,23)13(8-9-19)15(22)18-17/h4,6,12-14,19,21,23H,3,5,7-10H2,1-2H3,(H,18,22)/t12-,13+,14+,16+,17-/m1/s1. The molecule has 7 heteroatoms. The maximum absolute atomic E-state index is 12.4. The number of hydrogen-bond acceptors (Lipinski definition) is 6. The summed E-state index contributed by atoms with van der Waals surface area (Å²) < 4.78 is 5.09. The molecule has 4 N–H and O–H groups in total. The van der Waals surface area contributed by atoms with Crippen molar-refractivity contribution in [3.63, 3.8) is 0 Å². The first-order chi connectivity index (χ1) is 11.3. The number of nitrogens with one attached hydrogen (secondary N) is 1. The molecular formula is C17H27NO6. The van der Waals surface area contributed by atoms with Gasteiger partial charge in [0.05, 0.1) is 12.0 Å². The zero-order valence-electron chi connectivity index (χ0n) is 14.2. The Kier molecular flexibility index (Phi) is 5.67. The van der Waals surface area contributed by atoms with Gasteiger partial charge in [-0.25, -0.2) is 0 Å². The molecule has 24 heavy (non-hydrogen) atoms. The molecule has 2 aliphatic rings. The number of rotatable bonds is 6. The van der Waals surface area contributed by atoms with Gasteiger partial charge in [0.2, 0.25) is 5.91 Å². The number of amides is 1. The zero-order chi connectivity index (χ0) is 18.0. The predicted molar refractivity (Wildman–Crippen MR) is 85.8 cm³/mol. The summed E-state index contributed by atoms with van der Waals surface area (Å²) >= 11 is 0. The van der Waals surface area contributed by atoms with Crippen molar-refractivity contribution < 1.29 is 29.6 Å². The average Bonchev–Trinajstić information content (AvgIpc) is 2.74. The highest BCUT2D eigenvalue weighted by atomic mass is 16.5. The highest BCUT2D eigenvalue weighted by molar-refractivity contribution is 5.85. The van der Waals surface area contributed by atoms with Crippen molar-refractivity contribution in [3.8, 4) is 0 Å². The van der Waals surface area contributed by atoms with Crippen LogP contribution >= 0.6 is 0 Å². The Morgan fingerprint density at radius 1 is 1.54 bits per heavy atom. The fourth-order valence-electron chi connectivity index (χ4n) is 3.86. The van der Waals surface area contributed by atoms with Crippen molar-refractivity contribution in [1.29, 1.82) is 0 Å². The van der Waals surface area contributed by atoms with Crippen molar-refractivity contribution in [1.82, 2.24) is 5.32 Å². The molecule has 0 unspecified atom stereocenters. The van der Waals surface area contributed by atoms with Gasteiger partial charge in [-0.1, -0.05) is 12.2 Å². The molecule has 5 atom stereocenters. The SMILES string of the molecule is CC(=O)OC[C@]1([C@@H](O)[C@@H]2C=CCCC2)NC(=O)[C@H](CCO)[C@]1(C)O. The second kappa shape index (κ2) is 7.21. The van der Waals surface area contributed by atoms with Gasteiger partial charge >= 0.3 is 5.97 Å². The fourth-order valence-corrected chi connectivity index (χ4v) is 3.86. The normalized spacial score (nSPS) is 37.1. The predicted octanol–water partition coefficient (Wildman–Crippen LogP) is -0.115. The average molecular weight is 341 g/mol. The van der Waals surface area contributed by atoms with Crippen LogP contribution in [0.3, 0.4) is 0 Å². The Bertz CT molecular complexity index is 517. The van der Waals surface area contributed by atoms with Crippen molar-refractivity contribution in [3.05, 3.63) is 12.2 Å². The van der Waals surface area contributed by atoms with Crippen molar-refractivity contribution in [2.24, 2.45) is 11.8 Å². The second-order valence-corrected chi connectivity index (χ2v) is 6.92. The van der Waals surface area contributed by atoms with E-state index in [1.165, 1.54) is 13.8 Å². The quantitative estimate of drug-likeness (QED) is 0.396. The Morgan fingerprint density at radius 2 is 2.25 bits per heavy atom. The summed E-state index contributed by atoms with van der Waals surface area (Å²) in [6.45, 7) is 2.09. The number of aliphatic hydroxyl groups is 3. The van der Waals surface area contributed by atoms with Crippen LogP contribution in [-0.4, -0.2) is 57.7 Å². The molecule has 1 saturated heterocycles. The number of hydrogen-bond donors (Lipinski definition) is 4. The minimum Gasteiger partial charge on any atom is -0.463 e. The van der Waals surface area contributed by atoms with E-state index in [-0.39, 0.29) is 25.6 Å². The molecule has 1 amide bonds. The van der Waals surface area contributed by atoms with Crippen LogP contribution in [0.4, 0.5) is 0 Å². The van der Waals surface area contributed by atoms with E-state index in [9.17, 15) is 24.9 Å². The highest BCUT2D eigenvalue weighted by Gasteiger charge is 2.65. The topological polar surface area (TPSA) is 116 Å². The monoisotopic (exact) mass is 341 g/mol. The summed E-state index contributed by atoms with van der Waals surface area (Å²) in [5.41, 5.74) is -3.19. The minimum absolute atomic E-state index is 0.0634. The fraction of sp³-hybridized carbons (Fsp3) is 0.765. The van der Waals surface area contributed by atoms with E-state index in [4.69, 9.17) is 4.74 Å². The molecule has 136 valence electrons. The van der Waals surface area contributed by atoms with Gasteiger partial charge in [-0.2, -0.15) is 0 Å². The van der Waals surface area contributed by atoms with Gasteiger partial charge in [-0.3, -0.25) is 9.59 Å². The largest absolute Gasteiger partial charge is 0.463 e. The number of carbonyl (C=O) groups excluding carboxylic acids is 2. The Hall–Kier alpha value is -1.44. The van der Waals surface area contributed by atoms with Gasteiger partial charge in [-0.15, -0.1) is 0 Å². The zero-order valence-corrected chi connectivity index (χ0v) is 14.2. The maximum Gasteiger partial charge on any atom is 0.302 e. The van der Waals surface area contributed by atoms with E-state index >= 15 is 0 Å². The number of ether oxygens (including phenoxy) is 1. The molecule has 0 bridgehead atoms. The molecule has 1 aliphatic heterocycles. The summed E-state index contributed by atoms with van der Waals surface area (Å²) in [4.78, 5) is 23.7. The molecule has 0 radical (unpaired) electrons. The molecule has 0 saturated carbocycles. The molecule has 0 aromatic carbocycles. The third-order valence-electron chi connectivity index (χ3n) is 5.37. The summed E-state index contributed by atoms with van der Waals surface area (Å²) in [6, 6.07) is 0. The molecule has 7 nitrogen and oxygen atoms in total. The van der Waals surface area contributed by atoms with Crippen LogP contribution in [-0.2, 0) is 14.3 Å². The number of allylic oxidation sites excluding steroid dienone is 1.